The summed E-state index contributed by atoms with van der Waals surface area (Å²) >= 11 is 3.38. The number of phenolic OH excluding ortho intramolecular Hbond substituents is 1. The Balaban J connectivity index is 1.64. The first-order valence-corrected chi connectivity index (χ1v) is 9.01. The Morgan fingerprint density at radius 1 is 1.24 bits per heavy atom. The zero-order valence-corrected chi connectivity index (χ0v) is 15.6. The number of hydrogen-bond acceptors (Lipinski definition) is 4. The predicted molar refractivity (Wildman–Crippen MR) is 103 cm³/mol. The van der Waals surface area contributed by atoms with Gasteiger partial charge in [0, 0.05) is 34.4 Å². The van der Waals surface area contributed by atoms with Gasteiger partial charge < -0.3 is 10.0 Å². The van der Waals surface area contributed by atoms with E-state index in [0.717, 1.165) is 28.8 Å². The number of halogens is 1. The van der Waals surface area contributed by atoms with Gasteiger partial charge in [-0.2, -0.15) is 5.10 Å². The van der Waals surface area contributed by atoms with Gasteiger partial charge in [0.05, 0.1) is 6.21 Å². The van der Waals surface area contributed by atoms with E-state index in [4.69, 9.17) is 0 Å². The standard InChI is InChI=1S/C19H20BrN3O2/c1-13-10-16(20)11-15(18(13)24)12-21-22-19(25)14-4-6-17(7-5-14)23-8-2-3-9-23/h4-7,10-12,24H,2-3,8-9H2,1H3,(H,22,25)/b21-12+. The molecule has 2 N–H and O–H groups in total. The van der Waals surface area contributed by atoms with E-state index in [2.05, 4.69) is 31.4 Å². The van der Waals surface area contributed by atoms with Gasteiger partial charge in [-0.25, -0.2) is 5.43 Å². The molecule has 0 saturated carbocycles. The lowest BCUT2D eigenvalue weighted by molar-refractivity contribution is 0.0955. The Kier molecular flexibility index (Phi) is 5.38. The van der Waals surface area contributed by atoms with Crippen LogP contribution in [0.25, 0.3) is 0 Å². The Hall–Kier alpha value is -2.34. The van der Waals surface area contributed by atoms with Crippen molar-refractivity contribution >= 4 is 33.7 Å². The summed E-state index contributed by atoms with van der Waals surface area (Å²) in [5.41, 5.74) is 5.46. The fourth-order valence-corrected chi connectivity index (χ4v) is 3.47. The van der Waals surface area contributed by atoms with Gasteiger partial charge in [0.2, 0.25) is 0 Å². The third kappa shape index (κ3) is 4.20. The molecule has 1 fully saturated rings. The van der Waals surface area contributed by atoms with E-state index in [9.17, 15) is 9.90 Å². The summed E-state index contributed by atoms with van der Waals surface area (Å²) in [7, 11) is 0. The number of phenols is 1. The molecule has 6 heteroatoms. The second-order valence-corrected chi connectivity index (χ2v) is 7.02. The fraction of sp³-hybridized carbons (Fsp3) is 0.263. The maximum atomic E-state index is 12.2. The quantitative estimate of drug-likeness (QED) is 0.604. The van der Waals surface area contributed by atoms with Gasteiger partial charge in [0.25, 0.3) is 5.91 Å². The largest absolute Gasteiger partial charge is 0.507 e. The number of carbonyl (C=O) groups excluding carboxylic acids is 1. The van der Waals surface area contributed by atoms with Crippen LogP contribution >= 0.6 is 15.9 Å². The molecule has 1 aliphatic rings. The monoisotopic (exact) mass is 401 g/mol. The van der Waals surface area contributed by atoms with Gasteiger partial charge in [0.15, 0.2) is 0 Å². The second kappa shape index (κ2) is 7.70. The normalized spacial score (nSPS) is 14.2. The average Bonchev–Trinajstić information content (AvgIpc) is 3.13. The van der Waals surface area contributed by atoms with Gasteiger partial charge in [-0.15, -0.1) is 0 Å². The van der Waals surface area contributed by atoms with Crippen LogP contribution < -0.4 is 10.3 Å². The molecule has 0 radical (unpaired) electrons. The number of hydrazone groups is 1. The molecular weight excluding hydrogens is 382 g/mol. The van der Waals surface area contributed by atoms with Crippen LogP contribution in [0, 0.1) is 6.92 Å². The number of rotatable bonds is 4. The number of anilines is 1. The number of amides is 1. The molecule has 0 aromatic heterocycles. The van der Waals surface area contributed by atoms with Crippen LogP contribution in [0.3, 0.4) is 0 Å². The molecule has 0 aliphatic carbocycles. The third-order valence-corrected chi connectivity index (χ3v) is 4.72. The minimum atomic E-state index is -0.282. The molecule has 5 nitrogen and oxygen atoms in total. The highest BCUT2D eigenvalue weighted by molar-refractivity contribution is 9.10. The zero-order valence-electron chi connectivity index (χ0n) is 14.0. The number of aryl methyl sites for hydroxylation is 1. The summed E-state index contributed by atoms with van der Waals surface area (Å²) in [4.78, 5) is 14.5. The lowest BCUT2D eigenvalue weighted by atomic mass is 10.1. The highest BCUT2D eigenvalue weighted by atomic mass is 79.9. The van der Waals surface area contributed by atoms with E-state index in [1.165, 1.54) is 19.1 Å². The van der Waals surface area contributed by atoms with Crippen LogP contribution in [0.15, 0.2) is 46.0 Å². The molecule has 1 saturated heterocycles. The molecule has 3 rings (SSSR count). The minimum absolute atomic E-state index is 0.149. The van der Waals surface area contributed by atoms with Crippen LogP contribution in [-0.4, -0.2) is 30.3 Å². The van der Waals surface area contributed by atoms with Crippen molar-refractivity contribution in [1.82, 2.24) is 5.43 Å². The Labute approximate surface area is 155 Å². The first-order valence-electron chi connectivity index (χ1n) is 8.22. The number of nitrogens with zero attached hydrogens (tertiary/aromatic N) is 2. The maximum absolute atomic E-state index is 12.2. The average molecular weight is 402 g/mol. The lowest BCUT2D eigenvalue weighted by Gasteiger charge is -2.17. The molecule has 0 atom stereocenters. The van der Waals surface area contributed by atoms with E-state index < -0.39 is 0 Å². The highest BCUT2D eigenvalue weighted by Crippen LogP contribution is 2.25. The van der Waals surface area contributed by atoms with Crippen molar-refractivity contribution in [3.05, 3.63) is 57.6 Å². The smallest absolute Gasteiger partial charge is 0.271 e. The first kappa shape index (κ1) is 17.5. The second-order valence-electron chi connectivity index (χ2n) is 6.10. The van der Waals surface area contributed by atoms with E-state index in [1.807, 2.05) is 18.2 Å². The van der Waals surface area contributed by atoms with Crippen molar-refractivity contribution in [3.63, 3.8) is 0 Å². The molecule has 0 spiro atoms. The maximum Gasteiger partial charge on any atom is 0.271 e. The summed E-state index contributed by atoms with van der Waals surface area (Å²) < 4.78 is 0.841. The van der Waals surface area contributed by atoms with Crippen LogP contribution in [0.4, 0.5) is 5.69 Å². The fourth-order valence-electron chi connectivity index (χ4n) is 2.88. The molecule has 1 amide bonds. The summed E-state index contributed by atoms with van der Waals surface area (Å²) in [6, 6.07) is 11.1. The molecule has 1 heterocycles. The van der Waals surface area contributed by atoms with Gasteiger partial charge in [-0.1, -0.05) is 15.9 Å². The van der Waals surface area contributed by atoms with Crippen molar-refractivity contribution in [2.24, 2.45) is 5.10 Å². The summed E-state index contributed by atoms with van der Waals surface area (Å²) in [6.45, 7) is 3.95. The number of nitrogens with one attached hydrogen (secondary N) is 1. The molecule has 130 valence electrons. The molecule has 1 aliphatic heterocycles. The van der Waals surface area contributed by atoms with E-state index in [0.29, 0.717) is 11.1 Å². The number of benzene rings is 2. The summed E-state index contributed by atoms with van der Waals surface area (Å²) in [5, 5.41) is 14.0. The van der Waals surface area contributed by atoms with Crippen LogP contribution in [0.1, 0.15) is 34.3 Å². The molecule has 25 heavy (non-hydrogen) atoms. The topological polar surface area (TPSA) is 64.9 Å². The number of hydrogen-bond donors (Lipinski definition) is 2. The lowest BCUT2D eigenvalue weighted by Crippen LogP contribution is -2.19. The molecule has 2 aromatic rings. The zero-order chi connectivity index (χ0) is 17.8. The van der Waals surface area contributed by atoms with Crippen molar-refractivity contribution in [1.29, 1.82) is 0 Å². The van der Waals surface area contributed by atoms with Gasteiger partial charge >= 0.3 is 0 Å². The summed E-state index contributed by atoms with van der Waals surface area (Å²) in [6.07, 6.45) is 3.88. The van der Waals surface area contributed by atoms with Crippen molar-refractivity contribution in [2.45, 2.75) is 19.8 Å². The minimum Gasteiger partial charge on any atom is -0.507 e. The van der Waals surface area contributed by atoms with Crippen molar-refractivity contribution in [2.75, 3.05) is 18.0 Å². The molecule has 2 aromatic carbocycles. The van der Waals surface area contributed by atoms with Crippen LogP contribution in [0.2, 0.25) is 0 Å². The highest BCUT2D eigenvalue weighted by Gasteiger charge is 2.13. The van der Waals surface area contributed by atoms with Gasteiger partial charge in [-0.05, 0) is 61.7 Å². The Morgan fingerprint density at radius 3 is 2.60 bits per heavy atom. The molecule has 0 unspecified atom stereocenters. The van der Waals surface area contributed by atoms with E-state index in [1.54, 1.807) is 25.1 Å². The van der Waals surface area contributed by atoms with E-state index in [-0.39, 0.29) is 11.7 Å². The van der Waals surface area contributed by atoms with Crippen molar-refractivity contribution in [3.8, 4) is 5.75 Å². The van der Waals surface area contributed by atoms with Crippen LogP contribution in [0.5, 0.6) is 5.75 Å². The molecule has 0 bridgehead atoms. The molecular formula is C19H20BrN3O2. The van der Waals surface area contributed by atoms with E-state index >= 15 is 0 Å². The summed E-state index contributed by atoms with van der Waals surface area (Å²) in [5.74, 6) is -0.133. The van der Waals surface area contributed by atoms with Gasteiger partial charge in [0.1, 0.15) is 5.75 Å². The Bertz CT molecular complexity index is 797. The predicted octanol–water partition coefficient (Wildman–Crippen LogP) is 3.83. The SMILES string of the molecule is Cc1cc(Br)cc(/C=N/NC(=O)c2ccc(N3CCCC3)cc2)c1O. The number of aromatic hydroxyl groups is 1. The Morgan fingerprint density at radius 2 is 1.92 bits per heavy atom. The van der Waals surface area contributed by atoms with Gasteiger partial charge in [-0.3, -0.25) is 4.79 Å². The first-order chi connectivity index (χ1) is 12.0. The van der Waals surface area contributed by atoms with Crippen molar-refractivity contribution < 1.29 is 9.90 Å². The number of carbonyl (C=O) groups is 1. The van der Waals surface area contributed by atoms with Crippen LogP contribution in [-0.2, 0) is 0 Å². The third-order valence-electron chi connectivity index (χ3n) is 4.27.